The maximum atomic E-state index is 12.3. The second-order valence-electron chi connectivity index (χ2n) is 5.23. The number of hydrogen-bond acceptors (Lipinski definition) is 4. The van der Waals surface area contributed by atoms with E-state index in [1.807, 2.05) is 42.5 Å². The van der Waals surface area contributed by atoms with Gasteiger partial charge in [-0.25, -0.2) is 5.43 Å². The van der Waals surface area contributed by atoms with Crippen LogP contribution in [-0.4, -0.2) is 23.7 Å². The average Bonchev–Trinajstić information content (AvgIpc) is 2.70. The van der Waals surface area contributed by atoms with E-state index in [0.717, 1.165) is 11.1 Å². The number of nitrogens with zero attached hydrogens (tertiary/aromatic N) is 2. The quantitative estimate of drug-likeness (QED) is 0.576. The number of methoxy groups -OCH3 is 1. The molecule has 0 aliphatic rings. The second kappa shape index (κ2) is 7.88. The minimum Gasteiger partial charge on any atom is -0.497 e. The van der Waals surface area contributed by atoms with Crippen molar-refractivity contribution in [3.63, 3.8) is 0 Å². The summed E-state index contributed by atoms with van der Waals surface area (Å²) in [6.45, 7) is 0. The Balaban J connectivity index is 1.87. The van der Waals surface area contributed by atoms with Gasteiger partial charge >= 0.3 is 0 Å². The van der Waals surface area contributed by atoms with Crippen molar-refractivity contribution in [2.24, 2.45) is 5.10 Å². The largest absolute Gasteiger partial charge is 0.497 e. The minimum atomic E-state index is -0.287. The summed E-state index contributed by atoms with van der Waals surface area (Å²) in [5.74, 6) is 0.409. The molecule has 124 valence electrons. The van der Waals surface area contributed by atoms with Crippen molar-refractivity contribution in [1.82, 2.24) is 10.4 Å². The van der Waals surface area contributed by atoms with Crippen LogP contribution in [-0.2, 0) is 0 Å². The average molecular weight is 331 g/mol. The molecule has 5 heteroatoms. The lowest BCUT2D eigenvalue weighted by atomic mass is 10.0. The van der Waals surface area contributed by atoms with Crippen LogP contribution in [0.25, 0.3) is 0 Å². The number of benzene rings is 2. The molecule has 1 amide bonds. The van der Waals surface area contributed by atoms with E-state index < -0.39 is 0 Å². The molecule has 0 aliphatic carbocycles. The molecule has 2 aromatic carbocycles. The molecule has 1 aromatic heterocycles. The summed E-state index contributed by atoms with van der Waals surface area (Å²) < 4.78 is 5.10. The number of carbonyl (C=O) groups is 1. The van der Waals surface area contributed by atoms with Gasteiger partial charge in [-0.05, 0) is 36.4 Å². The molecule has 0 aliphatic heterocycles. The van der Waals surface area contributed by atoms with Crippen LogP contribution >= 0.6 is 0 Å². The van der Waals surface area contributed by atoms with Crippen LogP contribution in [0.5, 0.6) is 5.75 Å². The number of rotatable bonds is 5. The summed E-state index contributed by atoms with van der Waals surface area (Å²) in [7, 11) is 1.58. The van der Waals surface area contributed by atoms with E-state index in [-0.39, 0.29) is 5.91 Å². The van der Waals surface area contributed by atoms with Crippen LogP contribution in [0.4, 0.5) is 0 Å². The van der Waals surface area contributed by atoms with Gasteiger partial charge in [0.05, 0.1) is 12.8 Å². The van der Waals surface area contributed by atoms with Crippen LogP contribution < -0.4 is 10.2 Å². The summed E-state index contributed by atoms with van der Waals surface area (Å²) in [5, 5.41) is 4.34. The first-order valence-electron chi connectivity index (χ1n) is 7.76. The Kier molecular flexibility index (Phi) is 5.16. The van der Waals surface area contributed by atoms with E-state index in [1.54, 1.807) is 43.8 Å². The Labute approximate surface area is 146 Å². The monoisotopic (exact) mass is 331 g/mol. The van der Waals surface area contributed by atoms with E-state index in [2.05, 4.69) is 15.5 Å². The highest BCUT2D eigenvalue weighted by Crippen LogP contribution is 2.12. The van der Waals surface area contributed by atoms with Crippen molar-refractivity contribution in [3.05, 3.63) is 95.8 Å². The summed E-state index contributed by atoms with van der Waals surface area (Å²) in [6.07, 6.45) is 3.39. The molecule has 1 heterocycles. The van der Waals surface area contributed by atoms with Crippen molar-refractivity contribution in [1.29, 1.82) is 0 Å². The number of hydrazone groups is 1. The Morgan fingerprint density at radius 1 is 0.880 bits per heavy atom. The van der Waals surface area contributed by atoms with Gasteiger partial charge in [0.1, 0.15) is 5.75 Å². The Morgan fingerprint density at radius 3 is 2.16 bits per heavy atom. The fourth-order valence-corrected chi connectivity index (χ4v) is 2.32. The molecule has 3 rings (SSSR count). The van der Waals surface area contributed by atoms with Gasteiger partial charge in [0.15, 0.2) is 0 Å². The maximum absolute atomic E-state index is 12.3. The molecule has 0 unspecified atom stereocenters. The SMILES string of the molecule is COc1ccc(C(=O)N/N=C(/c2ccccc2)c2ccncc2)cc1. The molecule has 3 aromatic rings. The number of nitrogens with one attached hydrogen (secondary N) is 1. The van der Waals surface area contributed by atoms with Gasteiger partial charge < -0.3 is 4.74 Å². The Hall–Kier alpha value is -3.47. The highest BCUT2D eigenvalue weighted by Gasteiger charge is 2.09. The maximum Gasteiger partial charge on any atom is 0.271 e. The van der Waals surface area contributed by atoms with Crippen LogP contribution in [0.3, 0.4) is 0 Å². The smallest absolute Gasteiger partial charge is 0.271 e. The third-order valence-electron chi connectivity index (χ3n) is 3.62. The van der Waals surface area contributed by atoms with E-state index in [9.17, 15) is 4.79 Å². The van der Waals surface area contributed by atoms with Gasteiger partial charge in [0.25, 0.3) is 5.91 Å². The third-order valence-corrected chi connectivity index (χ3v) is 3.62. The molecule has 0 spiro atoms. The van der Waals surface area contributed by atoms with Gasteiger partial charge in [0.2, 0.25) is 0 Å². The summed E-state index contributed by atoms with van der Waals surface area (Å²) in [6, 6.07) is 20.2. The van der Waals surface area contributed by atoms with Crippen LogP contribution in [0.2, 0.25) is 0 Å². The number of ether oxygens (including phenoxy) is 1. The first-order chi connectivity index (χ1) is 12.3. The van der Waals surface area contributed by atoms with Crippen molar-refractivity contribution in [3.8, 4) is 5.75 Å². The summed E-state index contributed by atoms with van der Waals surface area (Å²) in [4.78, 5) is 16.4. The molecule has 0 fully saturated rings. The molecular formula is C20H17N3O2. The highest BCUT2D eigenvalue weighted by atomic mass is 16.5. The Bertz CT molecular complexity index is 819. The minimum absolute atomic E-state index is 0.287. The number of hydrogen-bond donors (Lipinski definition) is 1. The number of amides is 1. The van der Waals surface area contributed by atoms with Crippen LogP contribution in [0.15, 0.2) is 84.2 Å². The summed E-state index contributed by atoms with van der Waals surface area (Å²) in [5.41, 5.74) is 5.58. The number of pyridine rings is 1. The lowest BCUT2D eigenvalue weighted by molar-refractivity contribution is 0.0955. The topological polar surface area (TPSA) is 63.6 Å². The van der Waals surface area contributed by atoms with E-state index in [4.69, 9.17) is 4.74 Å². The molecule has 25 heavy (non-hydrogen) atoms. The zero-order chi connectivity index (χ0) is 17.5. The zero-order valence-corrected chi connectivity index (χ0v) is 13.7. The standard InChI is InChI=1S/C20H17N3O2/c1-25-18-9-7-17(8-10-18)20(24)23-22-19(15-5-3-2-4-6-15)16-11-13-21-14-12-16/h2-14H,1H3,(H,23,24)/b22-19-. The predicted octanol–water partition coefficient (Wildman–Crippen LogP) is 3.27. The van der Waals surface area contributed by atoms with Gasteiger partial charge in [-0.1, -0.05) is 30.3 Å². The first-order valence-corrected chi connectivity index (χ1v) is 7.76. The normalized spacial score (nSPS) is 11.0. The predicted molar refractivity (Wildman–Crippen MR) is 96.8 cm³/mol. The highest BCUT2D eigenvalue weighted by molar-refractivity contribution is 6.13. The van der Waals surface area contributed by atoms with Gasteiger partial charge in [-0.2, -0.15) is 5.10 Å². The molecule has 5 nitrogen and oxygen atoms in total. The Morgan fingerprint density at radius 2 is 1.52 bits per heavy atom. The van der Waals surface area contributed by atoms with Gasteiger partial charge in [-0.15, -0.1) is 0 Å². The van der Waals surface area contributed by atoms with E-state index in [0.29, 0.717) is 17.0 Å². The molecule has 0 atom stereocenters. The number of carbonyl (C=O) groups excluding carboxylic acids is 1. The van der Waals surface area contributed by atoms with E-state index >= 15 is 0 Å². The van der Waals surface area contributed by atoms with Crippen LogP contribution in [0, 0.1) is 0 Å². The fourth-order valence-electron chi connectivity index (χ4n) is 2.32. The van der Waals surface area contributed by atoms with Crippen molar-refractivity contribution < 1.29 is 9.53 Å². The molecule has 0 saturated carbocycles. The molecule has 1 N–H and O–H groups in total. The van der Waals surface area contributed by atoms with Crippen molar-refractivity contribution in [2.75, 3.05) is 7.11 Å². The van der Waals surface area contributed by atoms with Gasteiger partial charge in [-0.3, -0.25) is 9.78 Å². The fraction of sp³-hybridized carbons (Fsp3) is 0.0500. The van der Waals surface area contributed by atoms with Crippen molar-refractivity contribution >= 4 is 11.6 Å². The molecule has 0 saturated heterocycles. The lowest BCUT2D eigenvalue weighted by Gasteiger charge is -2.08. The lowest BCUT2D eigenvalue weighted by Crippen LogP contribution is -2.20. The second-order valence-corrected chi connectivity index (χ2v) is 5.23. The van der Waals surface area contributed by atoms with E-state index in [1.165, 1.54) is 0 Å². The van der Waals surface area contributed by atoms with Crippen LogP contribution in [0.1, 0.15) is 21.5 Å². The molecule has 0 radical (unpaired) electrons. The first kappa shape index (κ1) is 16.4. The number of aromatic nitrogens is 1. The van der Waals surface area contributed by atoms with Gasteiger partial charge in [0, 0.05) is 29.1 Å². The molecular weight excluding hydrogens is 314 g/mol. The van der Waals surface area contributed by atoms with Crippen molar-refractivity contribution in [2.45, 2.75) is 0 Å². The summed E-state index contributed by atoms with van der Waals surface area (Å²) >= 11 is 0. The third kappa shape index (κ3) is 4.09. The molecule has 0 bridgehead atoms. The zero-order valence-electron chi connectivity index (χ0n) is 13.7.